The number of hydrogen-bond donors (Lipinski definition) is 2. The molecule has 0 amide bonds. The van der Waals surface area contributed by atoms with Crippen molar-refractivity contribution in [3.8, 4) is 17.4 Å². The zero-order valence-electron chi connectivity index (χ0n) is 18.4. The highest BCUT2D eigenvalue weighted by Crippen LogP contribution is 2.25. The molecule has 8 heteroatoms. The van der Waals surface area contributed by atoms with Gasteiger partial charge in [-0.25, -0.2) is 9.97 Å². The van der Waals surface area contributed by atoms with E-state index in [0.29, 0.717) is 43.2 Å². The molecule has 2 aromatic heterocycles. The van der Waals surface area contributed by atoms with Crippen LogP contribution in [-0.4, -0.2) is 29.6 Å². The number of ether oxygens (including phenoxy) is 2. The summed E-state index contributed by atoms with van der Waals surface area (Å²) in [7, 11) is 1.71. The molecule has 3 rings (SSSR count). The number of pyridine rings is 1. The first-order chi connectivity index (χ1) is 15.1. The number of aromatic nitrogens is 2. The van der Waals surface area contributed by atoms with E-state index in [1.807, 2.05) is 50.2 Å². The van der Waals surface area contributed by atoms with Crippen LogP contribution >= 0.6 is 0 Å². The first-order valence-electron chi connectivity index (χ1n) is 10.3. The summed E-state index contributed by atoms with van der Waals surface area (Å²) in [6.07, 6.45) is 2.68. The molecule has 2 N–H and O–H groups in total. The Hall–Kier alpha value is -3.55. The Morgan fingerprint density at radius 3 is 2.48 bits per heavy atom. The Bertz CT molecular complexity index is 979. The van der Waals surface area contributed by atoms with Crippen molar-refractivity contribution < 1.29 is 13.9 Å². The summed E-state index contributed by atoms with van der Waals surface area (Å²) in [5.41, 5.74) is 1.79. The van der Waals surface area contributed by atoms with E-state index in [2.05, 4.69) is 32.5 Å². The second-order valence-corrected chi connectivity index (χ2v) is 6.92. The maximum atomic E-state index is 5.99. The smallest absolute Gasteiger partial charge is 0.224 e. The van der Waals surface area contributed by atoms with Crippen molar-refractivity contribution in [2.24, 2.45) is 4.99 Å². The number of hydrogen-bond acceptors (Lipinski definition) is 6. The topological polar surface area (TPSA) is 93.8 Å². The number of benzene rings is 1. The van der Waals surface area contributed by atoms with Gasteiger partial charge >= 0.3 is 0 Å². The molecule has 0 saturated heterocycles. The molecule has 8 nitrogen and oxygen atoms in total. The molecule has 164 valence electrons. The Morgan fingerprint density at radius 1 is 1.06 bits per heavy atom. The maximum Gasteiger partial charge on any atom is 0.224 e. The van der Waals surface area contributed by atoms with Crippen LogP contribution in [-0.2, 0) is 13.1 Å². The van der Waals surface area contributed by atoms with Gasteiger partial charge in [0.15, 0.2) is 5.96 Å². The van der Waals surface area contributed by atoms with Gasteiger partial charge in [-0.1, -0.05) is 13.0 Å². The van der Waals surface area contributed by atoms with Crippen LogP contribution in [0.2, 0.25) is 0 Å². The number of guanidine groups is 1. The van der Waals surface area contributed by atoms with Crippen molar-refractivity contribution in [3.05, 3.63) is 65.5 Å². The lowest BCUT2D eigenvalue weighted by atomic mass is 10.2. The standard InChI is InChI=1S/C23H29N5O3/c1-5-13-29-19-8-10-20(11-9-19)31-22-18(7-6-12-25-22)14-26-23(24-4)27-15-21-28-16(2)17(3)30-21/h6-12H,5,13-15H2,1-4H3,(H2,24,26,27). The summed E-state index contributed by atoms with van der Waals surface area (Å²) in [4.78, 5) is 13.0. The molecule has 0 unspecified atom stereocenters. The van der Waals surface area contributed by atoms with E-state index >= 15 is 0 Å². The first-order valence-corrected chi connectivity index (χ1v) is 10.3. The van der Waals surface area contributed by atoms with Gasteiger partial charge in [0.1, 0.15) is 17.3 Å². The van der Waals surface area contributed by atoms with Gasteiger partial charge in [-0.3, -0.25) is 4.99 Å². The van der Waals surface area contributed by atoms with Crippen LogP contribution in [0.15, 0.2) is 52.0 Å². The molecule has 0 atom stereocenters. The van der Waals surface area contributed by atoms with Gasteiger partial charge in [0, 0.05) is 25.4 Å². The molecule has 0 aliphatic heterocycles. The Morgan fingerprint density at radius 2 is 1.81 bits per heavy atom. The molecule has 0 aliphatic carbocycles. The van der Waals surface area contributed by atoms with Crippen molar-refractivity contribution in [1.82, 2.24) is 20.6 Å². The highest BCUT2D eigenvalue weighted by Gasteiger charge is 2.09. The Kier molecular flexibility index (Phi) is 7.86. The average molecular weight is 424 g/mol. The molecule has 2 heterocycles. The molecule has 0 bridgehead atoms. The zero-order chi connectivity index (χ0) is 22.1. The fourth-order valence-electron chi connectivity index (χ4n) is 2.76. The van der Waals surface area contributed by atoms with Crippen molar-refractivity contribution in [3.63, 3.8) is 0 Å². The molecule has 0 saturated carbocycles. The number of aliphatic imine (C=N–C) groups is 1. The predicted octanol–water partition coefficient (Wildman–Crippen LogP) is 4.13. The minimum absolute atomic E-state index is 0.442. The summed E-state index contributed by atoms with van der Waals surface area (Å²) < 4.78 is 17.2. The van der Waals surface area contributed by atoms with Crippen LogP contribution in [0.1, 0.15) is 36.3 Å². The van der Waals surface area contributed by atoms with Crippen LogP contribution in [0.4, 0.5) is 0 Å². The average Bonchev–Trinajstić information content (AvgIpc) is 3.11. The molecule has 3 aromatic rings. The molecule has 0 fully saturated rings. The van der Waals surface area contributed by atoms with Crippen molar-refractivity contribution in [1.29, 1.82) is 0 Å². The third-order valence-corrected chi connectivity index (χ3v) is 4.51. The van der Waals surface area contributed by atoms with E-state index < -0.39 is 0 Å². The quantitative estimate of drug-likeness (QED) is 0.395. The number of nitrogens with one attached hydrogen (secondary N) is 2. The van der Waals surface area contributed by atoms with Gasteiger partial charge in [0.05, 0.1) is 18.8 Å². The molecule has 0 radical (unpaired) electrons. The molecule has 31 heavy (non-hydrogen) atoms. The monoisotopic (exact) mass is 423 g/mol. The highest BCUT2D eigenvalue weighted by atomic mass is 16.5. The van der Waals surface area contributed by atoms with Crippen molar-refractivity contribution in [2.45, 2.75) is 40.3 Å². The first kappa shape index (κ1) is 22.1. The largest absolute Gasteiger partial charge is 0.494 e. The van der Waals surface area contributed by atoms with E-state index in [1.54, 1.807) is 13.2 Å². The van der Waals surface area contributed by atoms with Crippen LogP contribution in [0.3, 0.4) is 0 Å². The zero-order valence-corrected chi connectivity index (χ0v) is 18.4. The second-order valence-electron chi connectivity index (χ2n) is 6.92. The summed E-state index contributed by atoms with van der Waals surface area (Å²) >= 11 is 0. The SMILES string of the molecule is CCCOc1ccc(Oc2ncccc2CNC(=NC)NCc2nc(C)c(C)o2)cc1. The lowest BCUT2D eigenvalue weighted by molar-refractivity contribution is 0.317. The second kappa shape index (κ2) is 11.0. The van der Waals surface area contributed by atoms with E-state index in [0.717, 1.165) is 29.2 Å². The third-order valence-electron chi connectivity index (χ3n) is 4.51. The summed E-state index contributed by atoms with van der Waals surface area (Å²) in [5.74, 6) is 4.12. The minimum Gasteiger partial charge on any atom is -0.494 e. The highest BCUT2D eigenvalue weighted by molar-refractivity contribution is 5.79. The number of nitrogens with zero attached hydrogens (tertiary/aromatic N) is 3. The number of rotatable bonds is 9. The number of aryl methyl sites for hydroxylation is 2. The van der Waals surface area contributed by atoms with E-state index in [1.165, 1.54) is 0 Å². The Balaban J connectivity index is 1.58. The summed E-state index contributed by atoms with van der Waals surface area (Å²) in [5, 5.41) is 6.46. The van der Waals surface area contributed by atoms with Crippen LogP contribution in [0.25, 0.3) is 0 Å². The number of oxazole rings is 1. The van der Waals surface area contributed by atoms with Gasteiger partial charge in [0.25, 0.3) is 0 Å². The third kappa shape index (κ3) is 6.47. The molecular weight excluding hydrogens is 394 g/mol. The minimum atomic E-state index is 0.442. The lowest BCUT2D eigenvalue weighted by Crippen LogP contribution is -2.36. The molecule has 0 spiro atoms. The molecule has 0 aliphatic rings. The van der Waals surface area contributed by atoms with Crippen LogP contribution < -0.4 is 20.1 Å². The van der Waals surface area contributed by atoms with E-state index in [-0.39, 0.29) is 0 Å². The maximum absolute atomic E-state index is 5.99. The lowest BCUT2D eigenvalue weighted by Gasteiger charge is -2.13. The van der Waals surface area contributed by atoms with Gasteiger partial charge in [0.2, 0.25) is 11.8 Å². The van der Waals surface area contributed by atoms with Gasteiger partial charge in [-0.05, 0) is 50.6 Å². The van der Waals surface area contributed by atoms with Crippen LogP contribution in [0.5, 0.6) is 17.4 Å². The Labute approximate surface area is 182 Å². The summed E-state index contributed by atoms with van der Waals surface area (Å²) in [6.45, 7) is 7.52. The van der Waals surface area contributed by atoms with E-state index in [4.69, 9.17) is 13.9 Å². The fourth-order valence-corrected chi connectivity index (χ4v) is 2.76. The van der Waals surface area contributed by atoms with Gasteiger partial charge in [-0.2, -0.15) is 0 Å². The van der Waals surface area contributed by atoms with Crippen molar-refractivity contribution in [2.75, 3.05) is 13.7 Å². The molecule has 1 aromatic carbocycles. The normalized spacial score (nSPS) is 11.3. The van der Waals surface area contributed by atoms with Crippen molar-refractivity contribution >= 4 is 5.96 Å². The van der Waals surface area contributed by atoms with Gasteiger partial charge in [-0.15, -0.1) is 0 Å². The van der Waals surface area contributed by atoms with Gasteiger partial charge < -0.3 is 24.5 Å². The fraction of sp³-hybridized carbons (Fsp3) is 0.348. The summed E-state index contributed by atoms with van der Waals surface area (Å²) in [6, 6.07) is 11.4. The molecular formula is C23H29N5O3. The predicted molar refractivity (Wildman–Crippen MR) is 120 cm³/mol. The van der Waals surface area contributed by atoms with Crippen LogP contribution in [0, 0.1) is 13.8 Å². The van der Waals surface area contributed by atoms with E-state index in [9.17, 15) is 0 Å².